The number of nitrogens with two attached hydrogens (primary N) is 1. The average molecular weight is 351 g/mol. The summed E-state index contributed by atoms with van der Waals surface area (Å²) in [6, 6.07) is 5.48. The monoisotopic (exact) mass is 351 g/mol. The highest BCUT2D eigenvalue weighted by atomic mass is 127. The fraction of sp³-hybridized carbons (Fsp3) is 0.364. The standard InChI is InChI=1S/C11H17N3O2.HI/c1-4-16-10-7-8(14-11(12)13-2)5-6-9(10)15-3;/h5-7H,4H2,1-3H3,(H3,12,13,14);1H. The van der Waals surface area contributed by atoms with E-state index in [2.05, 4.69) is 10.3 Å². The van der Waals surface area contributed by atoms with Gasteiger partial charge in [-0.1, -0.05) is 0 Å². The van der Waals surface area contributed by atoms with Gasteiger partial charge < -0.3 is 20.5 Å². The van der Waals surface area contributed by atoms with Crippen LogP contribution in [0.5, 0.6) is 11.5 Å². The molecular formula is C11H18IN3O2. The van der Waals surface area contributed by atoms with E-state index in [1.165, 1.54) is 0 Å². The van der Waals surface area contributed by atoms with E-state index in [0.717, 1.165) is 5.69 Å². The molecular weight excluding hydrogens is 333 g/mol. The van der Waals surface area contributed by atoms with Crippen LogP contribution in [0.15, 0.2) is 23.2 Å². The molecule has 1 rings (SSSR count). The van der Waals surface area contributed by atoms with E-state index < -0.39 is 0 Å². The number of nitrogens with one attached hydrogen (secondary N) is 1. The van der Waals surface area contributed by atoms with Crippen molar-refractivity contribution in [3.05, 3.63) is 18.2 Å². The topological polar surface area (TPSA) is 68.9 Å². The molecule has 0 unspecified atom stereocenters. The first-order chi connectivity index (χ1) is 7.71. The van der Waals surface area contributed by atoms with Gasteiger partial charge in [0.05, 0.1) is 13.7 Å². The normalized spacial score (nSPS) is 10.4. The zero-order chi connectivity index (χ0) is 12.0. The highest BCUT2D eigenvalue weighted by Crippen LogP contribution is 2.29. The van der Waals surface area contributed by atoms with Gasteiger partial charge in [-0.15, -0.1) is 24.0 Å². The first kappa shape index (κ1) is 15.8. The van der Waals surface area contributed by atoms with Crippen molar-refractivity contribution in [3.63, 3.8) is 0 Å². The van der Waals surface area contributed by atoms with E-state index in [4.69, 9.17) is 15.2 Å². The molecule has 5 nitrogen and oxygen atoms in total. The molecule has 0 aliphatic carbocycles. The van der Waals surface area contributed by atoms with Gasteiger partial charge in [0.15, 0.2) is 17.5 Å². The third-order valence-electron chi connectivity index (χ3n) is 1.98. The Bertz CT molecular complexity index is 383. The number of nitrogens with zero attached hydrogens (tertiary/aromatic N) is 1. The molecule has 0 spiro atoms. The van der Waals surface area contributed by atoms with Gasteiger partial charge >= 0.3 is 0 Å². The van der Waals surface area contributed by atoms with Crippen molar-refractivity contribution in [3.8, 4) is 11.5 Å². The minimum absolute atomic E-state index is 0. The van der Waals surface area contributed by atoms with Crippen molar-refractivity contribution < 1.29 is 9.47 Å². The van der Waals surface area contributed by atoms with Crippen LogP contribution in [-0.2, 0) is 0 Å². The molecule has 17 heavy (non-hydrogen) atoms. The predicted molar refractivity (Wildman–Crippen MR) is 80.7 cm³/mol. The Morgan fingerprint density at radius 1 is 1.41 bits per heavy atom. The number of anilines is 1. The second kappa shape index (κ2) is 7.99. The number of guanidine groups is 1. The van der Waals surface area contributed by atoms with E-state index in [1.807, 2.05) is 25.1 Å². The maximum Gasteiger partial charge on any atom is 0.192 e. The van der Waals surface area contributed by atoms with Crippen LogP contribution < -0.4 is 20.5 Å². The lowest BCUT2D eigenvalue weighted by Crippen LogP contribution is -2.21. The fourth-order valence-corrected chi connectivity index (χ4v) is 1.23. The molecule has 96 valence electrons. The van der Waals surface area contributed by atoms with E-state index in [-0.39, 0.29) is 24.0 Å². The number of rotatable bonds is 4. The highest BCUT2D eigenvalue weighted by Gasteiger charge is 2.05. The van der Waals surface area contributed by atoms with Crippen LogP contribution in [0.2, 0.25) is 0 Å². The second-order valence-electron chi connectivity index (χ2n) is 3.03. The number of aliphatic imine (C=N–C) groups is 1. The van der Waals surface area contributed by atoms with Crippen molar-refractivity contribution in [1.29, 1.82) is 0 Å². The van der Waals surface area contributed by atoms with Crippen LogP contribution in [0.3, 0.4) is 0 Å². The Labute approximate surface area is 118 Å². The molecule has 0 bridgehead atoms. The van der Waals surface area contributed by atoms with Crippen LogP contribution in [0.25, 0.3) is 0 Å². The molecule has 0 aliphatic heterocycles. The molecule has 1 aromatic rings. The van der Waals surface area contributed by atoms with Crippen LogP contribution in [0, 0.1) is 0 Å². The van der Waals surface area contributed by atoms with Gasteiger partial charge in [-0.25, -0.2) is 0 Å². The molecule has 3 N–H and O–H groups in total. The Morgan fingerprint density at radius 2 is 2.12 bits per heavy atom. The first-order valence-corrected chi connectivity index (χ1v) is 5.01. The maximum absolute atomic E-state index is 5.57. The minimum atomic E-state index is 0. The molecule has 6 heteroatoms. The first-order valence-electron chi connectivity index (χ1n) is 5.01. The second-order valence-corrected chi connectivity index (χ2v) is 3.03. The molecule has 0 radical (unpaired) electrons. The van der Waals surface area contributed by atoms with E-state index in [9.17, 15) is 0 Å². The molecule has 0 amide bonds. The lowest BCUT2D eigenvalue weighted by atomic mass is 10.2. The zero-order valence-electron chi connectivity index (χ0n) is 10.2. The number of halogens is 1. The number of hydrogen-bond donors (Lipinski definition) is 2. The summed E-state index contributed by atoms with van der Waals surface area (Å²) in [7, 11) is 3.22. The minimum Gasteiger partial charge on any atom is -0.493 e. The smallest absolute Gasteiger partial charge is 0.192 e. The molecule has 0 atom stereocenters. The number of hydrogen-bond acceptors (Lipinski definition) is 3. The molecule has 0 saturated heterocycles. The summed E-state index contributed by atoms with van der Waals surface area (Å²) in [6.07, 6.45) is 0. The summed E-state index contributed by atoms with van der Waals surface area (Å²) >= 11 is 0. The Balaban J connectivity index is 0.00000256. The van der Waals surface area contributed by atoms with Crippen LogP contribution in [-0.4, -0.2) is 26.7 Å². The summed E-state index contributed by atoms with van der Waals surface area (Å²) in [4.78, 5) is 3.81. The van der Waals surface area contributed by atoms with Gasteiger partial charge in [-0.2, -0.15) is 0 Å². The van der Waals surface area contributed by atoms with Gasteiger partial charge in [0.1, 0.15) is 0 Å². The molecule has 0 heterocycles. The molecule has 0 aliphatic rings. The van der Waals surface area contributed by atoms with E-state index >= 15 is 0 Å². The third-order valence-corrected chi connectivity index (χ3v) is 1.98. The summed E-state index contributed by atoms with van der Waals surface area (Å²) in [5.74, 6) is 1.73. The van der Waals surface area contributed by atoms with Gasteiger partial charge in [0, 0.05) is 18.8 Å². The Morgan fingerprint density at radius 3 is 2.65 bits per heavy atom. The molecule has 0 aromatic heterocycles. The molecule has 1 aromatic carbocycles. The van der Waals surface area contributed by atoms with Crippen molar-refractivity contribution in [2.75, 3.05) is 26.1 Å². The largest absolute Gasteiger partial charge is 0.493 e. The van der Waals surface area contributed by atoms with Gasteiger partial charge in [0.25, 0.3) is 0 Å². The van der Waals surface area contributed by atoms with Gasteiger partial charge in [0.2, 0.25) is 0 Å². The van der Waals surface area contributed by atoms with Gasteiger partial charge in [-0.05, 0) is 19.1 Å². The summed E-state index contributed by atoms with van der Waals surface area (Å²) < 4.78 is 10.6. The Kier molecular flexibility index (Phi) is 7.44. The number of methoxy groups -OCH3 is 1. The molecule has 0 saturated carbocycles. The van der Waals surface area contributed by atoms with Gasteiger partial charge in [-0.3, -0.25) is 4.99 Å². The molecule has 0 fully saturated rings. The zero-order valence-corrected chi connectivity index (χ0v) is 12.5. The van der Waals surface area contributed by atoms with Crippen molar-refractivity contribution in [1.82, 2.24) is 0 Å². The summed E-state index contributed by atoms with van der Waals surface area (Å²) in [5, 5.41) is 2.93. The van der Waals surface area contributed by atoms with Crippen molar-refractivity contribution in [2.45, 2.75) is 6.92 Å². The van der Waals surface area contributed by atoms with Crippen LogP contribution >= 0.6 is 24.0 Å². The Hall–Kier alpha value is -1.18. The predicted octanol–water partition coefficient (Wildman–Crippen LogP) is 2.07. The van der Waals surface area contributed by atoms with Crippen molar-refractivity contribution >= 4 is 35.6 Å². The average Bonchev–Trinajstić information content (AvgIpc) is 2.30. The number of ether oxygens (including phenoxy) is 2. The SMILES string of the molecule is CCOc1cc(NC(N)=NC)ccc1OC.I. The van der Waals surface area contributed by atoms with Crippen molar-refractivity contribution in [2.24, 2.45) is 10.7 Å². The fourth-order valence-electron chi connectivity index (χ4n) is 1.23. The van der Waals surface area contributed by atoms with Crippen LogP contribution in [0.1, 0.15) is 6.92 Å². The van der Waals surface area contributed by atoms with E-state index in [0.29, 0.717) is 24.1 Å². The summed E-state index contributed by atoms with van der Waals surface area (Å²) in [6.45, 7) is 2.50. The quantitative estimate of drug-likeness (QED) is 0.495. The lowest BCUT2D eigenvalue weighted by Gasteiger charge is -2.11. The highest BCUT2D eigenvalue weighted by molar-refractivity contribution is 14.0. The van der Waals surface area contributed by atoms with Crippen LogP contribution in [0.4, 0.5) is 5.69 Å². The number of benzene rings is 1. The third kappa shape index (κ3) is 4.68. The summed E-state index contributed by atoms with van der Waals surface area (Å²) in [5.41, 5.74) is 6.38. The maximum atomic E-state index is 5.57. The van der Waals surface area contributed by atoms with E-state index in [1.54, 1.807) is 14.2 Å². The lowest BCUT2D eigenvalue weighted by molar-refractivity contribution is 0.311.